The van der Waals surface area contributed by atoms with Gasteiger partial charge in [-0.25, -0.2) is 4.98 Å². The van der Waals surface area contributed by atoms with E-state index in [0.29, 0.717) is 31.7 Å². The zero-order valence-corrected chi connectivity index (χ0v) is 15.3. The number of furan rings is 1. The fraction of sp³-hybridized carbons (Fsp3) is 0.450. The molecule has 27 heavy (non-hydrogen) atoms. The van der Waals surface area contributed by atoms with Crippen molar-refractivity contribution in [3.8, 4) is 0 Å². The third-order valence-corrected chi connectivity index (χ3v) is 5.33. The Morgan fingerprint density at radius 3 is 2.48 bits per heavy atom. The summed E-state index contributed by atoms with van der Waals surface area (Å²) >= 11 is 0. The van der Waals surface area contributed by atoms with E-state index in [9.17, 15) is 9.59 Å². The van der Waals surface area contributed by atoms with Crippen LogP contribution in [0.15, 0.2) is 41.1 Å². The number of hydrogen-bond acceptors (Lipinski definition) is 5. The van der Waals surface area contributed by atoms with Crippen LogP contribution in [0.4, 0.5) is 11.5 Å². The van der Waals surface area contributed by atoms with E-state index < -0.39 is 0 Å². The molecule has 0 saturated carbocycles. The lowest BCUT2D eigenvalue weighted by Crippen LogP contribution is -2.41. The molecule has 0 unspecified atom stereocenters. The van der Waals surface area contributed by atoms with E-state index in [1.54, 1.807) is 23.2 Å². The van der Waals surface area contributed by atoms with Crippen molar-refractivity contribution < 1.29 is 14.0 Å². The molecule has 2 fully saturated rings. The number of aromatic nitrogens is 1. The van der Waals surface area contributed by atoms with Gasteiger partial charge in [0.05, 0.1) is 18.1 Å². The third-order valence-electron chi connectivity index (χ3n) is 5.33. The maximum atomic E-state index is 12.5. The summed E-state index contributed by atoms with van der Waals surface area (Å²) < 4.78 is 5.17. The van der Waals surface area contributed by atoms with Crippen molar-refractivity contribution in [2.24, 2.45) is 5.92 Å². The fourth-order valence-corrected chi connectivity index (χ4v) is 3.74. The summed E-state index contributed by atoms with van der Waals surface area (Å²) in [6.07, 6.45) is 6.94. The van der Waals surface area contributed by atoms with Gasteiger partial charge >= 0.3 is 0 Å². The Morgan fingerprint density at radius 2 is 1.85 bits per heavy atom. The number of amides is 2. The summed E-state index contributed by atoms with van der Waals surface area (Å²) in [6, 6.07) is 7.25. The standard InChI is InChI=1S/C20H24N4O3/c25-19(22-16-5-6-18(21-14-16)23-9-1-2-10-23)15-7-11-24(12-8-15)20(26)17-4-3-13-27-17/h3-6,13-15H,1-2,7-12H2,(H,22,25). The molecule has 0 spiro atoms. The van der Waals surface area contributed by atoms with Crippen molar-refractivity contribution in [2.45, 2.75) is 25.7 Å². The van der Waals surface area contributed by atoms with Crippen LogP contribution in [0.3, 0.4) is 0 Å². The van der Waals surface area contributed by atoms with E-state index in [0.717, 1.165) is 24.6 Å². The van der Waals surface area contributed by atoms with E-state index >= 15 is 0 Å². The molecule has 2 aliphatic rings. The van der Waals surface area contributed by atoms with Gasteiger partial charge < -0.3 is 19.5 Å². The van der Waals surface area contributed by atoms with Gasteiger partial charge in [-0.3, -0.25) is 9.59 Å². The highest BCUT2D eigenvalue weighted by Crippen LogP contribution is 2.22. The lowest BCUT2D eigenvalue weighted by Gasteiger charge is -2.30. The number of likely N-dealkylation sites (tertiary alicyclic amines) is 1. The Kier molecular flexibility index (Phi) is 5.09. The minimum absolute atomic E-state index is 0.00387. The summed E-state index contributed by atoms with van der Waals surface area (Å²) in [7, 11) is 0. The molecule has 7 nitrogen and oxygen atoms in total. The number of piperidine rings is 1. The first-order valence-corrected chi connectivity index (χ1v) is 9.55. The van der Waals surface area contributed by atoms with Crippen molar-refractivity contribution in [3.05, 3.63) is 42.5 Å². The second-order valence-corrected chi connectivity index (χ2v) is 7.13. The predicted octanol–water partition coefficient (Wildman–Crippen LogP) is 2.77. The molecule has 0 aromatic carbocycles. The van der Waals surface area contributed by atoms with Gasteiger partial charge in [0.1, 0.15) is 5.82 Å². The van der Waals surface area contributed by atoms with Crippen molar-refractivity contribution >= 4 is 23.3 Å². The smallest absolute Gasteiger partial charge is 0.289 e. The second-order valence-electron chi connectivity index (χ2n) is 7.13. The average Bonchev–Trinajstić information content (AvgIpc) is 3.42. The number of nitrogens with zero attached hydrogens (tertiary/aromatic N) is 3. The molecule has 4 heterocycles. The molecular weight excluding hydrogens is 344 g/mol. The number of nitrogens with one attached hydrogen (secondary N) is 1. The Hall–Kier alpha value is -2.83. The van der Waals surface area contributed by atoms with Crippen molar-refractivity contribution in [2.75, 3.05) is 36.4 Å². The Labute approximate surface area is 158 Å². The lowest BCUT2D eigenvalue weighted by atomic mass is 9.95. The summed E-state index contributed by atoms with van der Waals surface area (Å²) in [6.45, 7) is 3.22. The van der Waals surface area contributed by atoms with Crippen molar-refractivity contribution in [3.63, 3.8) is 0 Å². The van der Waals surface area contributed by atoms with E-state index in [4.69, 9.17) is 4.42 Å². The molecule has 0 aliphatic carbocycles. The van der Waals surface area contributed by atoms with Gasteiger partial charge in [0, 0.05) is 32.1 Å². The minimum Gasteiger partial charge on any atom is -0.459 e. The Balaban J connectivity index is 1.28. The number of anilines is 2. The largest absolute Gasteiger partial charge is 0.459 e. The van der Waals surface area contributed by atoms with E-state index in [1.165, 1.54) is 19.1 Å². The quantitative estimate of drug-likeness (QED) is 0.898. The van der Waals surface area contributed by atoms with Gasteiger partial charge in [-0.15, -0.1) is 0 Å². The van der Waals surface area contributed by atoms with Gasteiger partial charge in [0.15, 0.2) is 5.76 Å². The van der Waals surface area contributed by atoms with Crippen LogP contribution in [0.25, 0.3) is 0 Å². The minimum atomic E-state index is -0.111. The normalized spacial score (nSPS) is 17.9. The van der Waals surface area contributed by atoms with E-state index in [-0.39, 0.29) is 17.7 Å². The van der Waals surface area contributed by atoms with Gasteiger partial charge in [-0.1, -0.05) is 0 Å². The highest BCUT2D eigenvalue weighted by Gasteiger charge is 2.28. The summed E-state index contributed by atoms with van der Waals surface area (Å²) in [5.41, 5.74) is 0.719. The maximum Gasteiger partial charge on any atom is 0.289 e. The molecule has 0 atom stereocenters. The first kappa shape index (κ1) is 17.6. The van der Waals surface area contributed by atoms with Crippen LogP contribution in [-0.2, 0) is 4.79 Å². The summed E-state index contributed by atoms with van der Waals surface area (Å²) in [5, 5.41) is 2.96. The molecule has 1 N–H and O–H groups in total. The van der Waals surface area contributed by atoms with Gasteiger partial charge in [-0.2, -0.15) is 0 Å². The van der Waals surface area contributed by atoms with Crippen LogP contribution >= 0.6 is 0 Å². The molecule has 7 heteroatoms. The molecule has 2 saturated heterocycles. The molecule has 2 aromatic rings. The van der Waals surface area contributed by atoms with Crippen molar-refractivity contribution in [1.29, 1.82) is 0 Å². The molecule has 2 amide bonds. The highest BCUT2D eigenvalue weighted by molar-refractivity contribution is 5.94. The molecule has 2 aromatic heterocycles. The number of pyridine rings is 1. The molecule has 0 radical (unpaired) electrons. The van der Waals surface area contributed by atoms with E-state index in [1.807, 2.05) is 12.1 Å². The van der Waals surface area contributed by atoms with Gasteiger partial charge in [0.25, 0.3) is 5.91 Å². The van der Waals surface area contributed by atoms with Crippen LogP contribution in [0.2, 0.25) is 0 Å². The number of hydrogen-bond donors (Lipinski definition) is 1. The third kappa shape index (κ3) is 3.97. The predicted molar refractivity (Wildman–Crippen MR) is 102 cm³/mol. The maximum absolute atomic E-state index is 12.5. The van der Waals surface area contributed by atoms with Crippen LogP contribution in [0.5, 0.6) is 0 Å². The topological polar surface area (TPSA) is 78.7 Å². The van der Waals surface area contributed by atoms with Gasteiger partial charge in [-0.05, 0) is 49.9 Å². The average molecular weight is 368 g/mol. The van der Waals surface area contributed by atoms with Gasteiger partial charge in [0.2, 0.25) is 5.91 Å². The molecule has 142 valence electrons. The Morgan fingerprint density at radius 1 is 1.07 bits per heavy atom. The first-order valence-electron chi connectivity index (χ1n) is 9.55. The summed E-state index contributed by atoms with van der Waals surface area (Å²) in [5.74, 6) is 1.11. The lowest BCUT2D eigenvalue weighted by molar-refractivity contribution is -0.121. The number of carbonyl (C=O) groups excluding carboxylic acids is 2. The fourth-order valence-electron chi connectivity index (χ4n) is 3.74. The first-order chi connectivity index (χ1) is 13.2. The molecule has 2 aliphatic heterocycles. The molecular formula is C20H24N4O3. The zero-order chi connectivity index (χ0) is 18.6. The molecule has 4 rings (SSSR count). The van der Waals surface area contributed by atoms with E-state index in [2.05, 4.69) is 15.2 Å². The monoisotopic (exact) mass is 368 g/mol. The van der Waals surface area contributed by atoms with Crippen molar-refractivity contribution in [1.82, 2.24) is 9.88 Å². The highest BCUT2D eigenvalue weighted by atomic mass is 16.3. The van der Waals surface area contributed by atoms with Crippen LogP contribution in [0, 0.1) is 5.92 Å². The van der Waals surface area contributed by atoms with Crippen LogP contribution in [-0.4, -0.2) is 47.9 Å². The SMILES string of the molecule is O=C(Nc1ccc(N2CCCC2)nc1)C1CCN(C(=O)c2ccco2)CC1. The zero-order valence-electron chi connectivity index (χ0n) is 15.3. The summed E-state index contributed by atoms with van der Waals surface area (Å²) in [4.78, 5) is 33.3. The number of carbonyl (C=O) groups is 2. The van der Waals surface area contributed by atoms with Crippen LogP contribution < -0.4 is 10.2 Å². The Bertz CT molecular complexity index is 774. The number of rotatable bonds is 4. The second kappa shape index (κ2) is 7.82. The molecule has 0 bridgehead atoms. The van der Waals surface area contributed by atoms with Crippen LogP contribution in [0.1, 0.15) is 36.2 Å².